The maximum atomic E-state index is 9.18. The van der Waals surface area contributed by atoms with Gasteiger partial charge in [0.05, 0.1) is 6.10 Å². The highest BCUT2D eigenvalue weighted by atomic mass is 16.3. The smallest absolute Gasteiger partial charge is 0.0565 e. The van der Waals surface area contributed by atoms with Crippen LogP contribution in [0, 0.1) is 5.92 Å². The summed E-state index contributed by atoms with van der Waals surface area (Å²) in [5, 5.41) is 9.18. The third-order valence-electron chi connectivity index (χ3n) is 2.07. The summed E-state index contributed by atoms with van der Waals surface area (Å²) < 4.78 is 0. The Kier molecular flexibility index (Phi) is 6.63. The molecule has 2 atom stereocenters. The standard InChI is InChI=1S/C7H14O.C3H8/c1-6-4-2-3-5-7(6)8;1-3-2/h6-8H,2-5H2,1H3;3H2,1-2H3. The van der Waals surface area contributed by atoms with Gasteiger partial charge in [-0.15, -0.1) is 0 Å². The molecule has 1 rings (SSSR count). The Bertz CT molecular complexity index is 70.9. The van der Waals surface area contributed by atoms with E-state index >= 15 is 0 Å². The Balaban J connectivity index is 0.000000292. The van der Waals surface area contributed by atoms with Crippen molar-refractivity contribution in [3.8, 4) is 0 Å². The van der Waals surface area contributed by atoms with Crippen LogP contribution in [0.15, 0.2) is 0 Å². The van der Waals surface area contributed by atoms with Crippen molar-refractivity contribution < 1.29 is 5.11 Å². The lowest BCUT2D eigenvalue weighted by Gasteiger charge is -2.23. The number of aliphatic hydroxyl groups excluding tert-OH is 1. The van der Waals surface area contributed by atoms with Gasteiger partial charge in [0.15, 0.2) is 0 Å². The molecule has 0 heterocycles. The average Bonchev–Trinajstić information content (AvgIpc) is 1.97. The van der Waals surface area contributed by atoms with Crippen LogP contribution in [0.5, 0.6) is 0 Å². The van der Waals surface area contributed by atoms with Gasteiger partial charge < -0.3 is 5.11 Å². The molecule has 0 aromatic carbocycles. The van der Waals surface area contributed by atoms with Crippen molar-refractivity contribution >= 4 is 0 Å². The van der Waals surface area contributed by atoms with Crippen molar-refractivity contribution in [1.82, 2.24) is 0 Å². The summed E-state index contributed by atoms with van der Waals surface area (Å²) in [5.74, 6) is 0.559. The lowest BCUT2D eigenvalue weighted by molar-refractivity contribution is 0.0793. The minimum atomic E-state index is 0.00347. The highest BCUT2D eigenvalue weighted by Crippen LogP contribution is 2.22. The Labute approximate surface area is 70.8 Å². The number of hydrogen-bond donors (Lipinski definition) is 1. The first-order valence-electron chi connectivity index (χ1n) is 4.90. The van der Waals surface area contributed by atoms with Gasteiger partial charge in [0.25, 0.3) is 0 Å². The minimum absolute atomic E-state index is 0.00347. The van der Waals surface area contributed by atoms with Gasteiger partial charge in [0.2, 0.25) is 0 Å². The first kappa shape index (κ1) is 11.0. The zero-order chi connectivity index (χ0) is 8.69. The van der Waals surface area contributed by atoms with Crippen molar-refractivity contribution in [2.24, 2.45) is 5.92 Å². The first-order valence-corrected chi connectivity index (χ1v) is 4.90. The fourth-order valence-corrected chi connectivity index (χ4v) is 1.30. The fourth-order valence-electron chi connectivity index (χ4n) is 1.30. The van der Waals surface area contributed by atoms with Crippen LogP contribution in [0.4, 0.5) is 0 Å². The molecule has 0 aromatic rings. The summed E-state index contributed by atoms with van der Waals surface area (Å²) in [4.78, 5) is 0. The topological polar surface area (TPSA) is 20.2 Å². The molecule has 0 aromatic heterocycles. The second-order valence-electron chi connectivity index (χ2n) is 3.54. The van der Waals surface area contributed by atoms with Crippen LogP contribution < -0.4 is 0 Å². The molecule has 0 aliphatic heterocycles. The molecule has 0 radical (unpaired) electrons. The lowest BCUT2D eigenvalue weighted by Crippen LogP contribution is -2.21. The van der Waals surface area contributed by atoms with Crippen LogP contribution in [-0.2, 0) is 0 Å². The van der Waals surface area contributed by atoms with Crippen LogP contribution in [-0.4, -0.2) is 11.2 Å². The van der Waals surface area contributed by atoms with Gasteiger partial charge in [-0.1, -0.05) is 40.0 Å². The van der Waals surface area contributed by atoms with Gasteiger partial charge in [-0.25, -0.2) is 0 Å². The van der Waals surface area contributed by atoms with Gasteiger partial charge in [0.1, 0.15) is 0 Å². The summed E-state index contributed by atoms with van der Waals surface area (Å²) in [6.45, 7) is 6.38. The molecule has 68 valence electrons. The third-order valence-corrected chi connectivity index (χ3v) is 2.07. The minimum Gasteiger partial charge on any atom is -0.393 e. The summed E-state index contributed by atoms with van der Waals surface area (Å²) in [7, 11) is 0. The van der Waals surface area contributed by atoms with Gasteiger partial charge in [0, 0.05) is 0 Å². The molecule has 0 bridgehead atoms. The van der Waals surface area contributed by atoms with E-state index in [1.807, 2.05) is 0 Å². The fraction of sp³-hybridized carbons (Fsp3) is 1.00. The van der Waals surface area contributed by atoms with Gasteiger partial charge in [-0.3, -0.25) is 0 Å². The van der Waals surface area contributed by atoms with Crippen molar-refractivity contribution in [2.75, 3.05) is 0 Å². The quantitative estimate of drug-likeness (QED) is 0.574. The van der Waals surface area contributed by atoms with E-state index in [4.69, 9.17) is 0 Å². The number of aliphatic hydroxyl groups is 1. The monoisotopic (exact) mass is 158 g/mol. The maximum Gasteiger partial charge on any atom is 0.0565 e. The summed E-state index contributed by atoms with van der Waals surface area (Å²) in [6.07, 6.45) is 6.05. The molecule has 2 unspecified atom stereocenters. The number of rotatable bonds is 0. The van der Waals surface area contributed by atoms with Crippen LogP contribution in [0.2, 0.25) is 0 Å². The Hall–Kier alpha value is -0.0400. The summed E-state index contributed by atoms with van der Waals surface area (Å²) in [6, 6.07) is 0. The maximum absolute atomic E-state index is 9.18. The van der Waals surface area contributed by atoms with Crippen molar-refractivity contribution in [3.05, 3.63) is 0 Å². The molecule has 0 amide bonds. The van der Waals surface area contributed by atoms with E-state index in [0.717, 1.165) is 6.42 Å². The van der Waals surface area contributed by atoms with Crippen molar-refractivity contribution in [1.29, 1.82) is 0 Å². The predicted octanol–water partition coefficient (Wildman–Crippen LogP) is 2.97. The van der Waals surface area contributed by atoms with Gasteiger partial charge in [-0.05, 0) is 18.8 Å². The predicted molar refractivity (Wildman–Crippen MR) is 49.6 cm³/mol. The zero-order valence-corrected chi connectivity index (χ0v) is 8.14. The lowest BCUT2D eigenvalue weighted by atomic mass is 9.88. The van der Waals surface area contributed by atoms with Crippen LogP contribution in [0.25, 0.3) is 0 Å². The van der Waals surface area contributed by atoms with E-state index in [1.165, 1.54) is 25.7 Å². The molecule has 11 heavy (non-hydrogen) atoms. The summed E-state index contributed by atoms with van der Waals surface area (Å²) in [5.41, 5.74) is 0. The van der Waals surface area contributed by atoms with E-state index in [-0.39, 0.29) is 6.10 Å². The second kappa shape index (κ2) is 6.66. The van der Waals surface area contributed by atoms with E-state index < -0.39 is 0 Å². The van der Waals surface area contributed by atoms with Crippen molar-refractivity contribution in [2.45, 2.75) is 59.0 Å². The van der Waals surface area contributed by atoms with Crippen LogP contribution in [0.3, 0.4) is 0 Å². The van der Waals surface area contributed by atoms with Crippen LogP contribution >= 0.6 is 0 Å². The number of hydrogen-bond acceptors (Lipinski definition) is 1. The molecule has 1 aliphatic carbocycles. The SMILES string of the molecule is CC1CCCCC1O.CCC. The average molecular weight is 158 g/mol. The van der Waals surface area contributed by atoms with Gasteiger partial charge in [-0.2, -0.15) is 0 Å². The van der Waals surface area contributed by atoms with E-state index in [9.17, 15) is 5.11 Å². The molecule has 1 saturated carbocycles. The van der Waals surface area contributed by atoms with E-state index in [2.05, 4.69) is 20.8 Å². The Morgan fingerprint density at radius 2 is 1.64 bits per heavy atom. The highest BCUT2D eigenvalue weighted by Gasteiger charge is 2.17. The van der Waals surface area contributed by atoms with Crippen LogP contribution in [0.1, 0.15) is 52.9 Å². The van der Waals surface area contributed by atoms with E-state index in [0.29, 0.717) is 5.92 Å². The largest absolute Gasteiger partial charge is 0.393 e. The Morgan fingerprint density at radius 3 is 1.91 bits per heavy atom. The molecule has 1 nitrogen and oxygen atoms in total. The van der Waals surface area contributed by atoms with Gasteiger partial charge >= 0.3 is 0 Å². The molecular weight excluding hydrogens is 136 g/mol. The third kappa shape index (κ3) is 5.25. The van der Waals surface area contributed by atoms with Crippen molar-refractivity contribution in [3.63, 3.8) is 0 Å². The molecule has 0 saturated heterocycles. The molecule has 1 fully saturated rings. The second-order valence-corrected chi connectivity index (χ2v) is 3.54. The molecule has 0 spiro atoms. The molecule has 1 heteroatoms. The van der Waals surface area contributed by atoms with E-state index in [1.54, 1.807) is 0 Å². The molecular formula is C10H22O. The Morgan fingerprint density at radius 1 is 1.18 bits per heavy atom. The summed E-state index contributed by atoms with van der Waals surface area (Å²) >= 11 is 0. The first-order chi connectivity index (χ1) is 5.22. The molecule has 1 aliphatic rings. The highest BCUT2D eigenvalue weighted by molar-refractivity contribution is 4.69. The molecule has 1 N–H and O–H groups in total. The zero-order valence-electron chi connectivity index (χ0n) is 8.14. The normalized spacial score (nSPS) is 30.5.